The summed E-state index contributed by atoms with van der Waals surface area (Å²) in [6.45, 7) is 8.63. The van der Waals surface area contributed by atoms with Gasteiger partial charge in [-0.15, -0.1) is 24.0 Å². The van der Waals surface area contributed by atoms with Crippen molar-refractivity contribution in [3.05, 3.63) is 167 Å². The summed E-state index contributed by atoms with van der Waals surface area (Å²) in [5.74, 6) is 0. The SMILES string of the molecule is CCc1ccc(C2=CC[C-]=C2C)cc1.CCc1ccc(C2=CC[C-]=C2C)cc1.[Cl-].[Cl-].[Zr+2]=[Ge]([c]1ccccc1)[c]1ccccc1. The number of rotatable bonds is 6. The molecular formula is C40H40Cl2GeZr-2. The predicted octanol–water partition coefficient (Wildman–Crippen LogP) is 2.92. The average molecular weight is 756 g/mol. The van der Waals surface area contributed by atoms with Crippen molar-refractivity contribution >= 4 is 29.9 Å². The molecule has 0 N–H and O–H groups in total. The third-order valence-electron chi connectivity index (χ3n) is 7.63. The molecule has 0 fully saturated rings. The molecule has 4 aromatic carbocycles. The molecule has 0 saturated heterocycles. The van der Waals surface area contributed by atoms with Crippen LogP contribution in [-0.4, -0.2) is 9.98 Å². The summed E-state index contributed by atoms with van der Waals surface area (Å²) in [6.07, 6.45) is 15.3. The van der Waals surface area contributed by atoms with Crippen molar-refractivity contribution in [2.75, 3.05) is 0 Å². The van der Waals surface area contributed by atoms with Crippen LogP contribution >= 0.6 is 0 Å². The quantitative estimate of drug-likeness (QED) is 0.210. The summed E-state index contributed by atoms with van der Waals surface area (Å²) >= 11 is 1.71. The van der Waals surface area contributed by atoms with Crippen molar-refractivity contribution in [3.63, 3.8) is 0 Å². The molecule has 0 aromatic heterocycles. The Morgan fingerprint density at radius 1 is 0.545 bits per heavy atom. The minimum absolute atomic E-state index is 0. The number of aryl methyl sites for hydroxylation is 2. The summed E-state index contributed by atoms with van der Waals surface area (Å²) in [5.41, 5.74) is 10.7. The molecule has 0 nitrogen and oxygen atoms in total. The van der Waals surface area contributed by atoms with Crippen LogP contribution in [0.5, 0.6) is 0 Å². The van der Waals surface area contributed by atoms with Gasteiger partial charge in [0.2, 0.25) is 0 Å². The first kappa shape index (κ1) is 38.0. The van der Waals surface area contributed by atoms with Crippen LogP contribution in [0.4, 0.5) is 0 Å². The molecule has 4 aromatic rings. The normalized spacial score (nSPS) is 12.9. The van der Waals surface area contributed by atoms with Gasteiger partial charge in [0.1, 0.15) is 0 Å². The number of benzene rings is 4. The van der Waals surface area contributed by atoms with E-state index in [2.05, 4.69) is 161 Å². The second-order valence-electron chi connectivity index (χ2n) is 10.5. The van der Waals surface area contributed by atoms with Gasteiger partial charge in [0.25, 0.3) is 0 Å². The van der Waals surface area contributed by atoms with Crippen molar-refractivity contribution < 1.29 is 46.4 Å². The van der Waals surface area contributed by atoms with Crippen LogP contribution in [0, 0.1) is 12.2 Å². The van der Waals surface area contributed by atoms with Crippen LogP contribution in [-0.2, 0) is 34.4 Å². The molecule has 2 aliphatic rings. The Bertz CT molecular complexity index is 1460. The van der Waals surface area contributed by atoms with Gasteiger partial charge in [-0.1, -0.05) is 76.2 Å². The Morgan fingerprint density at radius 3 is 1.16 bits per heavy atom. The molecule has 4 heteroatoms. The Kier molecular flexibility index (Phi) is 17.3. The second kappa shape index (κ2) is 20.1. The van der Waals surface area contributed by atoms with E-state index in [1.165, 1.54) is 44.5 Å². The van der Waals surface area contributed by atoms with E-state index < -0.39 is 9.98 Å². The van der Waals surface area contributed by atoms with Gasteiger partial charge >= 0.3 is 101 Å². The zero-order valence-electron chi connectivity index (χ0n) is 26.1. The third kappa shape index (κ3) is 11.0. The molecular weight excluding hydrogens is 715 g/mol. The zero-order chi connectivity index (χ0) is 29.7. The molecule has 0 radical (unpaired) electrons. The molecule has 224 valence electrons. The Hall–Kier alpha value is -2.15. The van der Waals surface area contributed by atoms with Crippen molar-refractivity contribution in [2.45, 2.75) is 53.4 Å². The third-order valence-corrected chi connectivity index (χ3v) is 18.8. The van der Waals surface area contributed by atoms with Crippen LogP contribution in [0.25, 0.3) is 11.1 Å². The fourth-order valence-electron chi connectivity index (χ4n) is 4.99. The predicted molar refractivity (Wildman–Crippen MR) is 180 cm³/mol. The van der Waals surface area contributed by atoms with E-state index in [1.54, 1.807) is 30.4 Å². The van der Waals surface area contributed by atoms with Gasteiger partial charge < -0.3 is 24.8 Å². The van der Waals surface area contributed by atoms with Gasteiger partial charge in [-0.3, -0.25) is 12.2 Å². The Labute approximate surface area is 294 Å². The molecule has 6 rings (SSSR count). The number of hydrogen-bond donors (Lipinski definition) is 0. The molecule has 2 aliphatic carbocycles. The second-order valence-corrected chi connectivity index (χ2v) is 20.8. The number of allylic oxidation sites excluding steroid dienone is 8. The van der Waals surface area contributed by atoms with Crippen molar-refractivity contribution in [2.24, 2.45) is 0 Å². The maximum atomic E-state index is 3.32. The molecule has 0 saturated carbocycles. The van der Waals surface area contributed by atoms with Crippen LogP contribution in [0.2, 0.25) is 0 Å². The summed E-state index contributed by atoms with van der Waals surface area (Å²) in [7, 11) is -1.11. The number of hydrogen-bond acceptors (Lipinski definition) is 0. The molecule has 0 heterocycles. The maximum absolute atomic E-state index is 3.32. The van der Waals surface area contributed by atoms with Gasteiger partial charge in [-0.25, -0.2) is 11.1 Å². The Morgan fingerprint density at radius 2 is 0.886 bits per heavy atom. The molecule has 0 atom stereocenters. The van der Waals surface area contributed by atoms with Crippen LogP contribution in [0.3, 0.4) is 0 Å². The first-order chi connectivity index (χ1) is 20.5. The Balaban J connectivity index is 0.000000225. The van der Waals surface area contributed by atoms with Gasteiger partial charge in [0.15, 0.2) is 0 Å². The van der Waals surface area contributed by atoms with Crippen molar-refractivity contribution in [1.82, 2.24) is 0 Å². The average Bonchev–Trinajstić information content (AvgIpc) is 3.70. The van der Waals surface area contributed by atoms with Crippen molar-refractivity contribution in [3.8, 4) is 0 Å². The first-order valence-corrected chi connectivity index (χ1v) is 24.5. The summed E-state index contributed by atoms with van der Waals surface area (Å²) in [6, 6.07) is 39.6. The first-order valence-electron chi connectivity index (χ1n) is 14.9. The molecule has 0 spiro atoms. The van der Waals surface area contributed by atoms with E-state index in [0.29, 0.717) is 0 Å². The van der Waals surface area contributed by atoms with Gasteiger partial charge in [0, 0.05) is 0 Å². The van der Waals surface area contributed by atoms with E-state index in [0.717, 1.165) is 25.7 Å². The monoisotopic (exact) mass is 754 g/mol. The topological polar surface area (TPSA) is 0 Å². The van der Waals surface area contributed by atoms with E-state index in [9.17, 15) is 0 Å². The van der Waals surface area contributed by atoms with Gasteiger partial charge in [-0.05, 0) is 24.0 Å². The van der Waals surface area contributed by atoms with Crippen LogP contribution in [0.1, 0.15) is 62.8 Å². The van der Waals surface area contributed by atoms with E-state index in [1.807, 2.05) is 0 Å². The minimum atomic E-state index is -1.11. The number of halogens is 2. The van der Waals surface area contributed by atoms with Gasteiger partial charge in [0.05, 0.1) is 0 Å². The summed E-state index contributed by atoms with van der Waals surface area (Å²) in [4.78, 5) is 0. The fraction of sp³-hybridized carbons (Fsp3) is 0.200. The van der Waals surface area contributed by atoms with E-state index in [4.69, 9.17) is 0 Å². The molecule has 0 aliphatic heterocycles. The fourth-order valence-corrected chi connectivity index (χ4v) is 12.2. The van der Waals surface area contributed by atoms with Crippen LogP contribution < -0.4 is 33.6 Å². The summed E-state index contributed by atoms with van der Waals surface area (Å²) in [5, 5.41) is 0. The molecule has 44 heavy (non-hydrogen) atoms. The summed E-state index contributed by atoms with van der Waals surface area (Å²) < 4.78 is 3.16. The van der Waals surface area contributed by atoms with Gasteiger partial charge in [-0.2, -0.15) is 23.3 Å². The molecule has 0 unspecified atom stereocenters. The molecule has 0 amide bonds. The zero-order valence-corrected chi connectivity index (χ0v) is 32.2. The van der Waals surface area contributed by atoms with E-state index in [-0.39, 0.29) is 24.8 Å². The van der Waals surface area contributed by atoms with E-state index >= 15 is 0 Å². The van der Waals surface area contributed by atoms with Crippen LogP contribution in [0.15, 0.2) is 132 Å². The standard InChI is InChI=1S/2C14H15.C12H10Ge.2ClH.Zr/c2*1-3-12-7-9-13(10-8-12)14-6-4-5-11(14)2;1-3-7-11(8-4-1)13-12-9-5-2-6-10-12;;;/h2*6-10H,3-4H2,1-2H3;1-10H;2*1H;/q2*-1;;;;+2/p-2. The van der Waals surface area contributed by atoms with Crippen molar-refractivity contribution in [1.29, 1.82) is 0 Å². The molecule has 0 bridgehead atoms.